The van der Waals surface area contributed by atoms with Gasteiger partial charge in [0, 0.05) is 56.1 Å². The van der Waals surface area contributed by atoms with E-state index in [1.807, 2.05) is 32.0 Å². The minimum atomic E-state index is -0.306. The van der Waals surface area contributed by atoms with Crippen LogP contribution in [-0.2, 0) is 17.8 Å². The molecule has 5 heterocycles. The second-order valence-corrected chi connectivity index (χ2v) is 10.2. The van der Waals surface area contributed by atoms with Crippen molar-refractivity contribution in [1.29, 1.82) is 0 Å². The molecule has 1 amide bonds. The summed E-state index contributed by atoms with van der Waals surface area (Å²) in [5, 5.41) is 0. The summed E-state index contributed by atoms with van der Waals surface area (Å²) in [7, 11) is 0. The summed E-state index contributed by atoms with van der Waals surface area (Å²) in [6, 6.07) is 9.01. The van der Waals surface area contributed by atoms with E-state index in [-0.39, 0.29) is 23.3 Å². The summed E-state index contributed by atoms with van der Waals surface area (Å²) in [5.74, 6) is 0.352. The maximum absolute atomic E-state index is 13.4. The largest absolute Gasteiger partial charge is 0.378 e. The maximum atomic E-state index is 13.4. The molecule has 10 heteroatoms. The number of fused-ring (bicyclic) bond motifs is 1. The molecule has 0 aliphatic carbocycles. The van der Waals surface area contributed by atoms with Crippen LogP contribution < -0.4 is 16.1 Å². The number of anilines is 1. The Bertz CT molecular complexity index is 1570. The summed E-state index contributed by atoms with van der Waals surface area (Å²) in [6.07, 6.45) is 10.2. The van der Waals surface area contributed by atoms with Crippen molar-refractivity contribution < 1.29 is 9.53 Å². The molecule has 40 heavy (non-hydrogen) atoms. The first-order valence-electron chi connectivity index (χ1n) is 14.2. The number of carbonyl (C=O) groups excluding carboxylic acids is 1. The number of amides is 1. The van der Waals surface area contributed by atoms with Gasteiger partial charge in [-0.3, -0.25) is 28.6 Å². The van der Waals surface area contributed by atoms with Crippen LogP contribution in [0.2, 0.25) is 0 Å². The van der Waals surface area contributed by atoms with Gasteiger partial charge in [-0.05, 0) is 62.4 Å². The zero-order chi connectivity index (χ0) is 28.1. The highest BCUT2D eigenvalue weighted by molar-refractivity contribution is 6.05. The molecule has 4 aromatic rings. The molecule has 0 radical (unpaired) electrons. The monoisotopic (exact) mass is 544 g/mol. The molecule has 5 rings (SSSR count). The highest BCUT2D eigenvalue weighted by Crippen LogP contribution is 2.25. The number of nitrogens with one attached hydrogen (secondary N) is 1. The average Bonchev–Trinajstić information content (AvgIpc) is 3.67. The van der Waals surface area contributed by atoms with Gasteiger partial charge in [0.05, 0.1) is 17.2 Å². The lowest BCUT2D eigenvalue weighted by Gasteiger charge is -2.23. The van der Waals surface area contributed by atoms with E-state index in [0.717, 1.165) is 50.7 Å². The van der Waals surface area contributed by atoms with Gasteiger partial charge in [0.1, 0.15) is 11.3 Å². The van der Waals surface area contributed by atoms with Gasteiger partial charge in [0.15, 0.2) is 0 Å². The number of aromatic nitrogens is 5. The molecule has 1 aliphatic heterocycles. The third-order valence-electron chi connectivity index (χ3n) is 7.38. The van der Waals surface area contributed by atoms with Crippen LogP contribution in [0.1, 0.15) is 62.7 Å². The van der Waals surface area contributed by atoms with Crippen molar-refractivity contribution in [3.8, 4) is 11.3 Å². The van der Waals surface area contributed by atoms with Gasteiger partial charge >= 0.3 is 5.69 Å². The van der Waals surface area contributed by atoms with Gasteiger partial charge in [-0.25, -0.2) is 9.78 Å². The van der Waals surface area contributed by atoms with Gasteiger partial charge in [-0.2, -0.15) is 0 Å². The maximum Gasteiger partial charge on any atom is 0.331 e. The molecule has 0 spiro atoms. The SMILES string of the molecule is CCCCn1c(=O)c2[nH]c(-c3ccc(N(CCC4CCCO4)C(=O)c4cccnc4)nc3)cc2n(CCC)c1=O. The Labute approximate surface area is 232 Å². The first-order chi connectivity index (χ1) is 19.5. The van der Waals surface area contributed by atoms with Gasteiger partial charge in [0.25, 0.3) is 11.5 Å². The predicted octanol–water partition coefficient (Wildman–Crippen LogP) is 4.37. The fraction of sp³-hybridized carbons (Fsp3) is 0.433. The van der Waals surface area contributed by atoms with Crippen molar-refractivity contribution in [2.45, 2.75) is 71.6 Å². The molecular formula is C30H36N6O4. The summed E-state index contributed by atoms with van der Waals surface area (Å²) in [6.45, 7) is 6.18. The smallest absolute Gasteiger partial charge is 0.331 e. The van der Waals surface area contributed by atoms with E-state index in [0.29, 0.717) is 47.7 Å². The molecule has 0 aromatic carbocycles. The Kier molecular flexibility index (Phi) is 8.54. The Morgan fingerprint density at radius 2 is 2.00 bits per heavy atom. The highest BCUT2D eigenvalue weighted by Gasteiger charge is 2.23. The standard InChI is InChI=1S/C30H36N6O4/c1-3-5-15-36-29(38)27-25(34(14-4-2)30(36)39)18-24(33-27)21-10-11-26(32-20-21)35(16-12-23-9-7-17-40-23)28(37)22-8-6-13-31-19-22/h6,8,10-11,13,18-20,23,33H,3-5,7,9,12,14-17H2,1-2H3. The van der Waals surface area contributed by atoms with Crippen LogP contribution in [0.15, 0.2) is 58.5 Å². The Hall–Kier alpha value is -4.05. The number of unbranched alkanes of at least 4 members (excludes halogenated alkanes) is 1. The fourth-order valence-corrected chi connectivity index (χ4v) is 5.21. The van der Waals surface area contributed by atoms with Crippen molar-refractivity contribution in [3.05, 3.63) is 75.3 Å². The molecule has 0 bridgehead atoms. The van der Waals surface area contributed by atoms with Crippen molar-refractivity contribution in [2.24, 2.45) is 0 Å². The number of nitrogens with zero attached hydrogens (tertiary/aromatic N) is 5. The lowest BCUT2D eigenvalue weighted by atomic mass is 10.1. The van der Waals surface area contributed by atoms with Crippen LogP contribution in [0, 0.1) is 0 Å². The van der Waals surface area contributed by atoms with Crippen molar-refractivity contribution in [1.82, 2.24) is 24.1 Å². The number of hydrogen-bond donors (Lipinski definition) is 1. The molecule has 1 saturated heterocycles. The second-order valence-electron chi connectivity index (χ2n) is 10.2. The van der Waals surface area contributed by atoms with E-state index in [9.17, 15) is 14.4 Å². The summed E-state index contributed by atoms with van der Waals surface area (Å²) >= 11 is 0. The zero-order valence-electron chi connectivity index (χ0n) is 23.1. The number of carbonyl (C=O) groups is 1. The normalized spacial score (nSPS) is 15.1. The number of ether oxygens (including phenoxy) is 1. The molecule has 210 valence electrons. The van der Waals surface area contributed by atoms with Crippen molar-refractivity contribution >= 4 is 22.8 Å². The first kappa shape index (κ1) is 27.5. The van der Waals surface area contributed by atoms with Crippen LogP contribution in [0.3, 0.4) is 0 Å². The molecule has 0 saturated carbocycles. The van der Waals surface area contributed by atoms with E-state index in [2.05, 4.69) is 15.0 Å². The molecule has 1 fully saturated rings. The van der Waals surface area contributed by atoms with E-state index in [1.54, 1.807) is 40.2 Å². The fourth-order valence-electron chi connectivity index (χ4n) is 5.21. The quantitative estimate of drug-likeness (QED) is 0.300. The Balaban J connectivity index is 1.48. The molecule has 10 nitrogen and oxygen atoms in total. The van der Waals surface area contributed by atoms with Gasteiger partial charge < -0.3 is 9.72 Å². The van der Waals surface area contributed by atoms with E-state index < -0.39 is 0 Å². The Morgan fingerprint density at radius 3 is 2.67 bits per heavy atom. The number of rotatable bonds is 11. The number of pyridine rings is 2. The number of hydrogen-bond acceptors (Lipinski definition) is 6. The molecule has 1 aliphatic rings. The molecule has 1 N–H and O–H groups in total. The zero-order valence-corrected chi connectivity index (χ0v) is 23.1. The van der Waals surface area contributed by atoms with Gasteiger partial charge in [0.2, 0.25) is 0 Å². The lowest BCUT2D eigenvalue weighted by molar-refractivity contribution is 0.0947. The Morgan fingerprint density at radius 1 is 1.12 bits per heavy atom. The van der Waals surface area contributed by atoms with Crippen molar-refractivity contribution in [3.63, 3.8) is 0 Å². The third-order valence-corrected chi connectivity index (χ3v) is 7.38. The van der Waals surface area contributed by atoms with Crippen molar-refractivity contribution in [2.75, 3.05) is 18.1 Å². The summed E-state index contributed by atoms with van der Waals surface area (Å²) in [4.78, 5) is 53.5. The first-order valence-corrected chi connectivity index (χ1v) is 14.2. The van der Waals surface area contributed by atoms with Gasteiger partial charge in [-0.1, -0.05) is 20.3 Å². The molecular weight excluding hydrogens is 508 g/mol. The van der Waals surface area contributed by atoms with Crippen LogP contribution in [0.5, 0.6) is 0 Å². The van der Waals surface area contributed by atoms with Crippen LogP contribution in [-0.4, -0.2) is 49.2 Å². The van der Waals surface area contributed by atoms with Crippen LogP contribution in [0.25, 0.3) is 22.3 Å². The lowest BCUT2D eigenvalue weighted by Crippen LogP contribution is -2.40. The topological polar surface area (TPSA) is 115 Å². The van der Waals surface area contributed by atoms with E-state index >= 15 is 0 Å². The van der Waals surface area contributed by atoms with Crippen LogP contribution >= 0.6 is 0 Å². The number of H-pyrrole nitrogens is 1. The number of aromatic amines is 1. The molecule has 1 atom stereocenters. The van der Waals surface area contributed by atoms with E-state index in [4.69, 9.17) is 4.74 Å². The third kappa shape index (κ3) is 5.62. The summed E-state index contributed by atoms with van der Waals surface area (Å²) < 4.78 is 8.79. The highest BCUT2D eigenvalue weighted by atomic mass is 16.5. The minimum absolute atomic E-state index is 0.136. The van der Waals surface area contributed by atoms with E-state index in [1.165, 1.54) is 4.57 Å². The number of aryl methyl sites for hydroxylation is 1. The minimum Gasteiger partial charge on any atom is -0.378 e. The second kappa shape index (κ2) is 12.4. The predicted molar refractivity (Wildman–Crippen MR) is 155 cm³/mol. The average molecular weight is 545 g/mol. The molecule has 1 unspecified atom stereocenters. The summed E-state index contributed by atoms with van der Waals surface area (Å²) in [5.41, 5.74) is 2.35. The molecule has 4 aromatic heterocycles. The van der Waals surface area contributed by atoms with Crippen LogP contribution in [0.4, 0.5) is 5.82 Å². The van der Waals surface area contributed by atoms with Gasteiger partial charge in [-0.15, -0.1) is 0 Å².